The van der Waals surface area contributed by atoms with E-state index in [1.54, 1.807) is 6.07 Å². The number of hydrogen-bond donors (Lipinski definition) is 0. The molecule has 2 rings (SSSR count). The fourth-order valence-corrected chi connectivity index (χ4v) is 2.00. The van der Waals surface area contributed by atoms with Crippen LogP contribution in [0.2, 0.25) is 0 Å². The second-order valence-electron chi connectivity index (χ2n) is 2.64. The Morgan fingerprint density at radius 2 is 2.08 bits per heavy atom. The maximum Gasteiger partial charge on any atom is 0.519 e. The van der Waals surface area contributed by atoms with Crippen molar-refractivity contribution in [2.75, 3.05) is 0 Å². The van der Waals surface area contributed by atoms with Gasteiger partial charge in [0.2, 0.25) is 0 Å². The number of thiophene rings is 1. The molecule has 1 nitrogen and oxygen atoms in total. The minimum Gasteiger partial charge on any atom is -0.444 e. The Hall–Kier alpha value is -1.04. The topological polar surface area (TPSA) is 12.9 Å². The van der Waals surface area contributed by atoms with Crippen molar-refractivity contribution in [1.29, 1.82) is 0 Å². The first-order valence-electron chi connectivity index (χ1n) is 3.61. The second-order valence-corrected chi connectivity index (χ2v) is 3.75. The van der Waals surface area contributed by atoms with E-state index in [1.165, 1.54) is 18.5 Å². The largest absolute Gasteiger partial charge is 0.519 e. The molecule has 13 heavy (non-hydrogen) atoms. The summed E-state index contributed by atoms with van der Waals surface area (Å²) in [5, 5.41) is 0.606. The highest BCUT2D eigenvalue weighted by atomic mass is 32.1. The molecule has 0 aliphatic carbocycles. The SMILES string of the molecule is F[B-](F)(F)c1cc2ccncc2s1. The Labute approximate surface area is 76.3 Å². The van der Waals surface area contributed by atoms with Crippen molar-refractivity contribution in [3.05, 3.63) is 24.5 Å². The maximum absolute atomic E-state index is 12.3. The van der Waals surface area contributed by atoms with Gasteiger partial charge in [-0.1, -0.05) is 10.8 Å². The van der Waals surface area contributed by atoms with Gasteiger partial charge in [-0.25, -0.2) is 0 Å². The zero-order valence-electron chi connectivity index (χ0n) is 6.38. The van der Waals surface area contributed by atoms with Crippen molar-refractivity contribution in [2.45, 2.75) is 0 Å². The van der Waals surface area contributed by atoms with E-state index in [0.29, 0.717) is 10.1 Å². The molecule has 0 atom stereocenters. The van der Waals surface area contributed by atoms with E-state index < -0.39 is 11.8 Å². The van der Waals surface area contributed by atoms with Crippen molar-refractivity contribution in [3.63, 3.8) is 0 Å². The van der Waals surface area contributed by atoms with Crippen LogP contribution in [-0.2, 0) is 0 Å². The standard InChI is InChI=1S/C7H4BF3NS/c9-8(10,11)7-3-5-1-2-12-4-6(5)13-7/h1-4H/q-1. The molecule has 0 radical (unpaired) electrons. The van der Waals surface area contributed by atoms with Crippen LogP contribution in [0.3, 0.4) is 0 Å². The molecule has 0 aromatic carbocycles. The normalized spacial score (nSPS) is 12.2. The Balaban J connectivity index is 2.63. The molecular formula is C7H4BF3NS-. The molecule has 0 saturated carbocycles. The minimum absolute atomic E-state index is 0.511. The van der Waals surface area contributed by atoms with E-state index in [0.717, 1.165) is 11.3 Å². The predicted octanol–water partition coefficient (Wildman–Crippen LogP) is 2.35. The number of aromatic nitrogens is 1. The first kappa shape index (κ1) is 8.56. The number of fused-ring (bicyclic) bond motifs is 1. The van der Waals surface area contributed by atoms with E-state index in [2.05, 4.69) is 4.98 Å². The van der Waals surface area contributed by atoms with Crippen LogP contribution in [-0.4, -0.2) is 12.0 Å². The molecule has 0 aliphatic heterocycles. The molecule has 0 aliphatic rings. The van der Waals surface area contributed by atoms with Gasteiger partial charge >= 0.3 is 6.98 Å². The summed E-state index contributed by atoms with van der Waals surface area (Å²) in [7, 11) is 0. The molecule has 6 heteroatoms. The van der Waals surface area contributed by atoms with Crippen LogP contribution in [0.5, 0.6) is 0 Å². The zero-order valence-corrected chi connectivity index (χ0v) is 7.19. The van der Waals surface area contributed by atoms with Crippen molar-refractivity contribution >= 4 is 33.2 Å². The highest BCUT2D eigenvalue weighted by Crippen LogP contribution is 2.22. The fourth-order valence-electron chi connectivity index (χ4n) is 1.07. The molecule has 0 amide bonds. The first-order valence-corrected chi connectivity index (χ1v) is 4.42. The van der Waals surface area contributed by atoms with Crippen LogP contribution < -0.4 is 4.78 Å². The average molecular weight is 202 g/mol. The Kier molecular flexibility index (Phi) is 1.80. The van der Waals surface area contributed by atoms with Crippen LogP contribution in [0.15, 0.2) is 24.5 Å². The smallest absolute Gasteiger partial charge is 0.444 e. The third-order valence-corrected chi connectivity index (χ3v) is 2.85. The summed E-state index contributed by atoms with van der Waals surface area (Å²) in [5.41, 5.74) is 0. The average Bonchev–Trinajstić information content (AvgIpc) is 2.45. The number of nitrogens with zero attached hydrogens (tertiary/aromatic N) is 1. The highest BCUT2D eigenvalue weighted by molar-refractivity contribution is 7.29. The quantitative estimate of drug-likeness (QED) is 0.646. The predicted molar refractivity (Wildman–Crippen MR) is 48.3 cm³/mol. The van der Waals surface area contributed by atoms with Gasteiger partial charge in [0.15, 0.2) is 0 Å². The van der Waals surface area contributed by atoms with E-state index >= 15 is 0 Å². The van der Waals surface area contributed by atoms with Gasteiger partial charge in [0, 0.05) is 17.1 Å². The Morgan fingerprint density at radius 3 is 2.69 bits per heavy atom. The van der Waals surface area contributed by atoms with Gasteiger partial charge < -0.3 is 12.9 Å². The lowest BCUT2D eigenvalue weighted by molar-refractivity contribution is 0.503. The number of hydrogen-bond acceptors (Lipinski definition) is 2. The van der Waals surface area contributed by atoms with Crippen LogP contribution in [0, 0.1) is 0 Å². The highest BCUT2D eigenvalue weighted by Gasteiger charge is 2.27. The van der Waals surface area contributed by atoms with Gasteiger partial charge in [-0.3, -0.25) is 4.98 Å². The Morgan fingerprint density at radius 1 is 1.31 bits per heavy atom. The summed E-state index contributed by atoms with van der Waals surface area (Å²) < 4.78 is 36.9. The summed E-state index contributed by atoms with van der Waals surface area (Å²) in [4.78, 5) is 3.76. The van der Waals surface area contributed by atoms with E-state index in [1.807, 2.05) is 0 Å². The summed E-state index contributed by atoms with van der Waals surface area (Å²) in [6.07, 6.45) is 2.94. The van der Waals surface area contributed by atoms with Gasteiger partial charge in [0.25, 0.3) is 0 Å². The summed E-state index contributed by atoms with van der Waals surface area (Å²) in [5.74, 6) is 0. The van der Waals surface area contributed by atoms with E-state index in [-0.39, 0.29) is 0 Å². The van der Waals surface area contributed by atoms with Gasteiger partial charge in [-0.15, -0.1) is 0 Å². The van der Waals surface area contributed by atoms with E-state index in [9.17, 15) is 12.9 Å². The van der Waals surface area contributed by atoms with Gasteiger partial charge in [0.1, 0.15) is 0 Å². The van der Waals surface area contributed by atoms with Crippen molar-refractivity contribution in [1.82, 2.24) is 4.98 Å². The molecule has 2 heterocycles. The zero-order chi connectivity index (χ0) is 9.47. The van der Waals surface area contributed by atoms with Crippen LogP contribution in [0.4, 0.5) is 12.9 Å². The molecule has 0 unspecified atom stereocenters. The molecule has 68 valence electrons. The maximum atomic E-state index is 12.3. The molecular weight excluding hydrogens is 198 g/mol. The summed E-state index contributed by atoms with van der Waals surface area (Å²) in [6, 6.07) is 2.75. The monoisotopic (exact) mass is 202 g/mol. The summed E-state index contributed by atoms with van der Waals surface area (Å²) in [6.45, 7) is -4.87. The lowest BCUT2D eigenvalue weighted by atomic mass is 9.89. The number of pyridine rings is 1. The second kappa shape index (κ2) is 2.73. The molecule has 2 aromatic rings. The fraction of sp³-hybridized carbons (Fsp3) is 0. The number of halogens is 3. The third kappa shape index (κ3) is 1.53. The van der Waals surface area contributed by atoms with Crippen LogP contribution >= 0.6 is 11.3 Å². The lowest BCUT2D eigenvalue weighted by Crippen LogP contribution is -2.30. The van der Waals surface area contributed by atoms with Gasteiger partial charge in [-0.2, -0.15) is 11.3 Å². The summed E-state index contributed by atoms with van der Waals surface area (Å²) >= 11 is 0.744. The van der Waals surface area contributed by atoms with Gasteiger partial charge in [0.05, 0.1) is 0 Å². The van der Waals surface area contributed by atoms with Crippen molar-refractivity contribution < 1.29 is 12.9 Å². The minimum atomic E-state index is -4.87. The number of rotatable bonds is 1. The molecule has 0 N–H and O–H groups in total. The molecule has 0 spiro atoms. The van der Waals surface area contributed by atoms with Crippen molar-refractivity contribution in [2.24, 2.45) is 0 Å². The lowest BCUT2D eigenvalue weighted by Gasteiger charge is -2.09. The first-order chi connectivity index (χ1) is 6.07. The molecule has 0 fully saturated rings. The van der Waals surface area contributed by atoms with E-state index in [4.69, 9.17) is 0 Å². The Bertz CT molecular complexity index is 403. The molecule has 2 aromatic heterocycles. The van der Waals surface area contributed by atoms with Crippen LogP contribution in [0.1, 0.15) is 0 Å². The molecule has 0 saturated heterocycles. The third-order valence-electron chi connectivity index (χ3n) is 1.66. The van der Waals surface area contributed by atoms with Gasteiger partial charge in [-0.05, 0) is 11.5 Å². The van der Waals surface area contributed by atoms with Crippen LogP contribution in [0.25, 0.3) is 10.1 Å². The molecule has 0 bridgehead atoms. The van der Waals surface area contributed by atoms with Crippen molar-refractivity contribution in [3.8, 4) is 0 Å².